The largest absolute Gasteiger partial charge is 0.381 e. The van der Waals surface area contributed by atoms with Gasteiger partial charge in [-0.3, -0.25) is 0 Å². The van der Waals surface area contributed by atoms with Crippen molar-refractivity contribution in [3.63, 3.8) is 0 Å². The fourth-order valence-electron chi connectivity index (χ4n) is 2.09. The van der Waals surface area contributed by atoms with Crippen LogP contribution in [0.2, 0.25) is 0 Å². The van der Waals surface area contributed by atoms with Gasteiger partial charge in [0.15, 0.2) is 0 Å². The van der Waals surface area contributed by atoms with E-state index in [-0.39, 0.29) is 5.41 Å². The van der Waals surface area contributed by atoms with E-state index >= 15 is 0 Å². The monoisotopic (exact) mass is 205 g/mol. The van der Waals surface area contributed by atoms with Crippen LogP contribution in [0.5, 0.6) is 0 Å². The highest BCUT2D eigenvalue weighted by atomic mass is 16.5. The molecule has 2 nitrogen and oxygen atoms in total. The Kier molecular flexibility index (Phi) is 3.08. The van der Waals surface area contributed by atoms with Crippen LogP contribution >= 0.6 is 0 Å². The topological polar surface area (TPSA) is 21.3 Å². The van der Waals surface area contributed by atoms with Crippen molar-refractivity contribution in [3.05, 3.63) is 35.4 Å². The quantitative estimate of drug-likeness (QED) is 0.810. The molecular formula is C13H19NO. The lowest BCUT2D eigenvalue weighted by Crippen LogP contribution is -2.59. The van der Waals surface area contributed by atoms with Crippen LogP contribution in [0.1, 0.15) is 18.1 Å². The van der Waals surface area contributed by atoms with Crippen molar-refractivity contribution in [3.8, 4) is 0 Å². The van der Waals surface area contributed by atoms with Gasteiger partial charge in [-0.1, -0.05) is 29.8 Å². The van der Waals surface area contributed by atoms with Gasteiger partial charge in [0, 0.05) is 25.1 Å². The zero-order chi connectivity index (χ0) is 10.7. The van der Waals surface area contributed by atoms with Crippen LogP contribution in [-0.4, -0.2) is 26.3 Å². The van der Waals surface area contributed by atoms with E-state index in [0.717, 1.165) is 26.3 Å². The van der Waals surface area contributed by atoms with Crippen LogP contribution in [-0.2, 0) is 10.2 Å². The summed E-state index contributed by atoms with van der Waals surface area (Å²) in [7, 11) is 0. The summed E-state index contributed by atoms with van der Waals surface area (Å²) in [4.78, 5) is 0. The Balaban J connectivity index is 2.18. The molecule has 1 aromatic rings. The number of aryl methyl sites for hydroxylation is 1. The third-order valence-corrected chi connectivity index (χ3v) is 3.14. The molecule has 1 heterocycles. The molecule has 1 N–H and O–H groups in total. The lowest BCUT2D eigenvalue weighted by Gasteiger charge is -2.43. The molecular weight excluding hydrogens is 186 g/mol. The average molecular weight is 205 g/mol. The van der Waals surface area contributed by atoms with Crippen LogP contribution < -0.4 is 5.32 Å². The Morgan fingerprint density at radius 3 is 2.73 bits per heavy atom. The number of benzene rings is 1. The zero-order valence-corrected chi connectivity index (χ0v) is 9.55. The highest BCUT2D eigenvalue weighted by Gasteiger charge is 2.38. The SMILES string of the molecule is CCOCC1(c2cccc(C)c2)CNC1. The van der Waals surface area contributed by atoms with E-state index in [4.69, 9.17) is 4.74 Å². The van der Waals surface area contributed by atoms with Crippen LogP contribution in [0, 0.1) is 6.92 Å². The number of ether oxygens (including phenoxy) is 1. The first-order valence-electron chi connectivity index (χ1n) is 5.62. The predicted octanol–water partition coefficient (Wildman–Crippen LogP) is 1.87. The number of nitrogens with one attached hydrogen (secondary N) is 1. The summed E-state index contributed by atoms with van der Waals surface area (Å²) in [5, 5.41) is 3.35. The second kappa shape index (κ2) is 4.33. The molecule has 0 saturated carbocycles. The van der Waals surface area contributed by atoms with Gasteiger partial charge in [0.1, 0.15) is 0 Å². The number of hydrogen-bond donors (Lipinski definition) is 1. The van der Waals surface area contributed by atoms with Gasteiger partial charge >= 0.3 is 0 Å². The van der Waals surface area contributed by atoms with E-state index in [1.165, 1.54) is 11.1 Å². The molecule has 0 aromatic heterocycles. The summed E-state index contributed by atoms with van der Waals surface area (Å²) in [6.07, 6.45) is 0. The molecule has 15 heavy (non-hydrogen) atoms. The molecule has 0 amide bonds. The Morgan fingerprint density at radius 2 is 2.20 bits per heavy atom. The molecule has 2 heteroatoms. The molecule has 1 aromatic carbocycles. The molecule has 0 bridgehead atoms. The Hall–Kier alpha value is -0.860. The van der Waals surface area contributed by atoms with Crippen molar-refractivity contribution in [2.24, 2.45) is 0 Å². The first-order chi connectivity index (χ1) is 7.27. The van der Waals surface area contributed by atoms with Gasteiger partial charge in [0.2, 0.25) is 0 Å². The van der Waals surface area contributed by atoms with Gasteiger partial charge in [-0.25, -0.2) is 0 Å². The van der Waals surface area contributed by atoms with E-state index in [9.17, 15) is 0 Å². The van der Waals surface area contributed by atoms with E-state index in [1.54, 1.807) is 0 Å². The summed E-state index contributed by atoms with van der Waals surface area (Å²) in [5.41, 5.74) is 2.96. The smallest absolute Gasteiger partial charge is 0.0587 e. The fraction of sp³-hybridized carbons (Fsp3) is 0.538. The van der Waals surface area contributed by atoms with Gasteiger partial charge in [0.05, 0.1) is 6.61 Å². The minimum atomic E-state index is 0.224. The highest BCUT2D eigenvalue weighted by molar-refractivity contribution is 5.33. The molecule has 82 valence electrons. The fourth-order valence-corrected chi connectivity index (χ4v) is 2.09. The van der Waals surface area contributed by atoms with Gasteiger partial charge in [-0.15, -0.1) is 0 Å². The van der Waals surface area contributed by atoms with Crippen molar-refractivity contribution < 1.29 is 4.74 Å². The second-order valence-corrected chi connectivity index (χ2v) is 4.39. The Bertz CT molecular complexity index is 331. The molecule has 0 aliphatic carbocycles. The summed E-state index contributed by atoms with van der Waals surface area (Å²) in [5.74, 6) is 0. The molecule has 1 aliphatic heterocycles. The van der Waals surface area contributed by atoms with Gasteiger partial charge in [-0.05, 0) is 19.4 Å². The molecule has 2 rings (SSSR count). The van der Waals surface area contributed by atoms with Crippen molar-refractivity contribution in [2.75, 3.05) is 26.3 Å². The van der Waals surface area contributed by atoms with Gasteiger partial charge in [0.25, 0.3) is 0 Å². The third kappa shape index (κ3) is 2.06. The van der Waals surface area contributed by atoms with E-state index in [1.807, 2.05) is 0 Å². The number of hydrogen-bond acceptors (Lipinski definition) is 2. The summed E-state index contributed by atoms with van der Waals surface area (Å²) in [6.45, 7) is 7.90. The zero-order valence-electron chi connectivity index (χ0n) is 9.55. The summed E-state index contributed by atoms with van der Waals surface area (Å²) in [6, 6.07) is 8.77. The standard InChI is InChI=1S/C13H19NO/c1-3-15-10-13(8-14-9-13)12-6-4-5-11(2)7-12/h4-7,14H,3,8-10H2,1-2H3. The maximum absolute atomic E-state index is 5.60. The third-order valence-electron chi connectivity index (χ3n) is 3.14. The predicted molar refractivity (Wildman–Crippen MR) is 62.2 cm³/mol. The second-order valence-electron chi connectivity index (χ2n) is 4.39. The van der Waals surface area contributed by atoms with Crippen LogP contribution in [0.25, 0.3) is 0 Å². The molecule has 1 aliphatic rings. The number of rotatable bonds is 4. The lowest BCUT2D eigenvalue weighted by atomic mass is 9.75. The Labute approximate surface area is 91.6 Å². The first-order valence-corrected chi connectivity index (χ1v) is 5.62. The normalized spacial score (nSPS) is 18.5. The van der Waals surface area contributed by atoms with E-state index in [2.05, 4.69) is 43.4 Å². The average Bonchev–Trinajstić information content (AvgIpc) is 2.16. The first kappa shape index (κ1) is 10.7. The van der Waals surface area contributed by atoms with Gasteiger partial charge < -0.3 is 10.1 Å². The maximum atomic E-state index is 5.60. The molecule has 0 radical (unpaired) electrons. The highest BCUT2D eigenvalue weighted by Crippen LogP contribution is 2.29. The summed E-state index contributed by atoms with van der Waals surface area (Å²) >= 11 is 0. The minimum Gasteiger partial charge on any atom is -0.381 e. The van der Waals surface area contributed by atoms with Crippen LogP contribution in [0.3, 0.4) is 0 Å². The summed E-state index contributed by atoms with van der Waals surface area (Å²) < 4.78 is 5.60. The van der Waals surface area contributed by atoms with Crippen molar-refractivity contribution in [1.82, 2.24) is 5.32 Å². The van der Waals surface area contributed by atoms with Crippen LogP contribution in [0.4, 0.5) is 0 Å². The lowest BCUT2D eigenvalue weighted by molar-refractivity contribution is 0.0651. The Morgan fingerprint density at radius 1 is 1.40 bits per heavy atom. The molecule has 1 fully saturated rings. The molecule has 0 unspecified atom stereocenters. The van der Waals surface area contributed by atoms with E-state index in [0.29, 0.717) is 0 Å². The minimum absolute atomic E-state index is 0.224. The van der Waals surface area contributed by atoms with E-state index < -0.39 is 0 Å². The molecule has 0 spiro atoms. The van der Waals surface area contributed by atoms with Gasteiger partial charge in [-0.2, -0.15) is 0 Å². The van der Waals surface area contributed by atoms with Crippen molar-refractivity contribution in [1.29, 1.82) is 0 Å². The molecule has 0 atom stereocenters. The van der Waals surface area contributed by atoms with Crippen LogP contribution in [0.15, 0.2) is 24.3 Å². The van der Waals surface area contributed by atoms with Crippen molar-refractivity contribution >= 4 is 0 Å². The maximum Gasteiger partial charge on any atom is 0.0587 e. The molecule has 1 saturated heterocycles. The van der Waals surface area contributed by atoms with Crippen molar-refractivity contribution in [2.45, 2.75) is 19.3 Å².